The van der Waals surface area contributed by atoms with E-state index in [4.69, 9.17) is 4.74 Å². The van der Waals surface area contributed by atoms with Gasteiger partial charge in [0.15, 0.2) is 0 Å². The van der Waals surface area contributed by atoms with Crippen LogP contribution in [0.5, 0.6) is 0 Å². The highest BCUT2D eigenvalue weighted by atomic mass is 16.5. The number of carbonyl (C=O) groups is 3. The van der Waals surface area contributed by atoms with Gasteiger partial charge in [0.1, 0.15) is 0 Å². The number of fused-ring (bicyclic) bond motifs is 1. The molecule has 2 saturated heterocycles. The van der Waals surface area contributed by atoms with E-state index in [0.717, 1.165) is 0 Å². The number of rotatable bonds is 2. The quantitative estimate of drug-likeness (QED) is 0.753. The third kappa shape index (κ3) is 2.16. The van der Waals surface area contributed by atoms with Gasteiger partial charge in [-0.1, -0.05) is 18.2 Å². The van der Waals surface area contributed by atoms with Gasteiger partial charge in [-0.15, -0.1) is 0 Å². The van der Waals surface area contributed by atoms with E-state index in [9.17, 15) is 14.4 Å². The van der Waals surface area contributed by atoms with Gasteiger partial charge in [0.25, 0.3) is 0 Å². The highest BCUT2D eigenvalue weighted by Gasteiger charge is 2.61. The van der Waals surface area contributed by atoms with Crippen molar-refractivity contribution in [2.45, 2.75) is 6.42 Å². The van der Waals surface area contributed by atoms with Crippen molar-refractivity contribution in [1.82, 2.24) is 4.90 Å². The lowest BCUT2D eigenvalue weighted by Crippen LogP contribution is -2.52. The molecule has 0 N–H and O–H groups in total. The van der Waals surface area contributed by atoms with Crippen LogP contribution in [-0.4, -0.2) is 48.9 Å². The van der Waals surface area contributed by atoms with Gasteiger partial charge in [0, 0.05) is 13.1 Å². The van der Waals surface area contributed by atoms with Crippen LogP contribution in [-0.2, 0) is 19.1 Å². The van der Waals surface area contributed by atoms with Crippen LogP contribution in [0.3, 0.4) is 0 Å². The Morgan fingerprint density at radius 3 is 2.43 bits per heavy atom. The zero-order valence-electron chi connectivity index (χ0n) is 12.7. The zero-order chi connectivity index (χ0) is 16.0. The summed E-state index contributed by atoms with van der Waals surface area (Å²) in [5.41, 5.74) is 0.592. The van der Waals surface area contributed by atoms with E-state index in [1.54, 1.807) is 29.2 Å². The summed E-state index contributed by atoms with van der Waals surface area (Å²) in [7, 11) is 0. The third-order valence-corrected chi connectivity index (χ3v) is 5.07. The van der Waals surface area contributed by atoms with Crippen LogP contribution in [0.15, 0.2) is 30.3 Å². The average Bonchev–Trinajstić information content (AvgIpc) is 2.74. The predicted octanol–water partition coefficient (Wildman–Crippen LogP) is 0.671. The van der Waals surface area contributed by atoms with E-state index in [1.807, 2.05) is 6.07 Å². The topological polar surface area (TPSA) is 66.9 Å². The molecule has 1 aliphatic carbocycles. The van der Waals surface area contributed by atoms with Gasteiger partial charge in [-0.2, -0.15) is 0 Å². The lowest BCUT2D eigenvalue weighted by Gasteiger charge is -2.39. The Morgan fingerprint density at radius 1 is 1.04 bits per heavy atom. The molecular weight excluding hydrogens is 296 g/mol. The number of ether oxygens (including phenoxy) is 1. The van der Waals surface area contributed by atoms with Crippen LogP contribution >= 0.6 is 0 Å². The first-order valence-electron chi connectivity index (χ1n) is 7.98. The summed E-state index contributed by atoms with van der Waals surface area (Å²) in [5.74, 6) is -1.59. The highest BCUT2D eigenvalue weighted by molar-refractivity contribution is 6.24. The van der Waals surface area contributed by atoms with E-state index in [-0.39, 0.29) is 29.6 Å². The van der Waals surface area contributed by atoms with Crippen LogP contribution in [0.25, 0.3) is 0 Å². The van der Waals surface area contributed by atoms with E-state index in [2.05, 4.69) is 0 Å². The molecule has 0 aromatic heterocycles. The molecule has 3 aliphatic rings. The molecule has 1 aromatic rings. The van der Waals surface area contributed by atoms with E-state index in [1.165, 1.54) is 4.90 Å². The summed E-state index contributed by atoms with van der Waals surface area (Å²) >= 11 is 0. The van der Waals surface area contributed by atoms with Gasteiger partial charge < -0.3 is 9.64 Å². The smallest absolute Gasteiger partial charge is 0.238 e. The molecule has 3 amide bonds. The number of hydrogen-bond acceptors (Lipinski definition) is 4. The summed E-state index contributed by atoms with van der Waals surface area (Å²) in [6, 6.07) is 8.94. The molecule has 6 heteroatoms. The SMILES string of the molecule is O=C([C@H]1C[C@@H]2C(=O)N(c3ccccc3)C(=O)[C@H]12)N1CCOCC1. The molecule has 2 aliphatic heterocycles. The number of benzene rings is 1. The number of amides is 3. The monoisotopic (exact) mass is 314 g/mol. The normalized spacial score (nSPS) is 30.2. The summed E-state index contributed by atoms with van der Waals surface area (Å²) in [6.45, 7) is 2.21. The van der Waals surface area contributed by atoms with Crippen molar-refractivity contribution in [2.24, 2.45) is 17.8 Å². The molecule has 1 saturated carbocycles. The van der Waals surface area contributed by atoms with Gasteiger partial charge in [0.05, 0.1) is 36.7 Å². The van der Waals surface area contributed by atoms with Gasteiger partial charge in [0.2, 0.25) is 17.7 Å². The standard InChI is InChI=1S/C17H18N2O4/c20-15(18-6-8-23-9-7-18)12-10-13-14(12)17(22)19(16(13)21)11-4-2-1-3-5-11/h1-5,12-14H,6-10H2/t12-,13-,14+/m0/s1. The first-order chi connectivity index (χ1) is 11.2. The summed E-state index contributed by atoms with van der Waals surface area (Å²) < 4.78 is 5.26. The summed E-state index contributed by atoms with van der Waals surface area (Å²) in [4.78, 5) is 40.8. The molecule has 6 nitrogen and oxygen atoms in total. The van der Waals surface area contributed by atoms with Crippen molar-refractivity contribution < 1.29 is 19.1 Å². The molecule has 120 valence electrons. The van der Waals surface area contributed by atoms with Crippen molar-refractivity contribution in [3.63, 3.8) is 0 Å². The largest absolute Gasteiger partial charge is 0.378 e. The molecule has 2 heterocycles. The Labute approximate surface area is 134 Å². The van der Waals surface area contributed by atoms with Crippen LogP contribution in [0.4, 0.5) is 5.69 Å². The van der Waals surface area contributed by atoms with Crippen molar-refractivity contribution in [2.75, 3.05) is 31.2 Å². The molecule has 0 radical (unpaired) electrons. The number of hydrogen-bond donors (Lipinski definition) is 0. The lowest BCUT2D eigenvalue weighted by molar-refractivity contribution is -0.152. The second kappa shape index (κ2) is 5.45. The first-order valence-corrected chi connectivity index (χ1v) is 7.98. The average molecular weight is 314 g/mol. The van der Waals surface area contributed by atoms with Crippen LogP contribution in [0.1, 0.15) is 6.42 Å². The number of nitrogens with zero attached hydrogens (tertiary/aromatic N) is 2. The number of carbonyl (C=O) groups excluding carboxylic acids is 3. The zero-order valence-corrected chi connectivity index (χ0v) is 12.7. The number of imide groups is 1. The second-order valence-electron chi connectivity index (χ2n) is 6.26. The van der Waals surface area contributed by atoms with Crippen LogP contribution in [0, 0.1) is 17.8 Å². The molecule has 0 spiro atoms. The van der Waals surface area contributed by atoms with Gasteiger partial charge >= 0.3 is 0 Å². The fourth-order valence-electron chi connectivity index (χ4n) is 3.78. The van der Waals surface area contributed by atoms with Gasteiger partial charge in [-0.05, 0) is 18.6 Å². The maximum absolute atomic E-state index is 12.7. The Balaban J connectivity index is 1.53. The highest BCUT2D eigenvalue weighted by Crippen LogP contribution is 2.49. The third-order valence-electron chi connectivity index (χ3n) is 5.07. The fraction of sp³-hybridized carbons (Fsp3) is 0.471. The first kappa shape index (κ1) is 14.4. The minimum Gasteiger partial charge on any atom is -0.378 e. The number of para-hydroxylation sites is 1. The number of anilines is 1. The van der Waals surface area contributed by atoms with Crippen molar-refractivity contribution in [3.05, 3.63) is 30.3 Å². The van der Waals surface area contributed by atoms with E-state index >= 15 is 0 Å². The Hall–Kier alpha value is -2.21. The molecule has 4 rings (SSSR count). The fourth-order valence-corrected chi connectivity index (χ4v) is 3.78. The molecule has 23 heavy (non-hydrogen) atoms. The van der Waals surface area contributed by atoms with E-state index < -0.39 is 5.92 Å². The molecule has 3 atom stereocenters. The molecular formula is C17H18N2O4. The summed E-state index contributed by atoms with van der Waals surface area (Å²) in [5, 5.41) is 0. The second-order valence-corrected chi connectivity index (χ2v) is 6.26. The van der Waals surface area contributed by atoms with Crippen molar-refractivity contribution >= 4 is 23.4 Å². The maximum Gasteiger partial charge on any atom is 0.238 e. The van der Waals surface area contributed by atoms with Gasteiger partial charge in [-0.25, -0.2) is 0 Å². The molecule has 0 bridgehead atoms. The Kier molecular flexibility index (Phi) is 3.41. The summed E-state index contributed by atoms with van der Waals surface area (Å²) in [6.07, 6.45) is 0.481. The van der Waals surface area contributed by atoms with Crippen LogP contribution < -0.4 is 4.90 Å². The molecule has 1 aromatic carbocycles. The maximum atomic E-state index is 12.7. The van der Waals surface area contributed by atoms with Crippen molar-refractivity contribution in [3.8, 4) is 0 Å². The Bertz CT molecular complexity index is 654. The number of morpholine rings is 1. The lowest BCUT2D eigenvalue weighted by atomic mass is 9.65. The van der Waals surface area contributed by atoms with Crippen LogP contribution in [0.2, 0.25) is 0 Å². The van der Waals surface area contributed by atoms with E-state index in [0.29, 0.717) is 38.4 Å². The minimum absolute atomic E-state index is 0.00869. The predicted molar refractivity (Wildman–Crippen MR) is 81.4 cm³/mol. The minimum atomic E-state index is -0.488. The molecule has 3 fully saturated rings. The molecule has 0 unspecified atom stereocenters. The van der Waals surface area contributed by atoms with Gasteiger partial charge in [-0.3, -0.25) is 19.3 Å². The van der Waals surface area contributed by atoms with Crippen molar-refractivity contribution in [1.29, 1.82) is 0 Å². The Morgan fingerprint density at radius 2 is 1.74 bits per heavy atom.